The fraction of sp³-hybridized carbons (Fsp3) is 0.284. The molecule has 0 N–H and O–H groups in total. The maximum atomic E-state index is 2.75. The molecular formula is C67H68BN3. The molecule has 354 valence electrons. The number of para-hydroxylation sites is 1. The second-order valence-corrected chi connectivity index (χ2v) is 23.9. The standard InChI is InChI=1S/C67H68BN3/c1-43-38-60-63-61(39-43)70(56-35-29-49(65(7,8)9)41-52(56)46-22-13-12-14-23-46)58-40-47(62-44(2)20-19-21-45(62)3)26-33-54(58)68(63)55-34-32-51(42-59(55)69(60)50-30-27-48(28-31-50)64(4,5)6)71-57-25-16-15-24-53(57)66(10)36-17-18-37-67(66,71)11/h12-16,19-35,38-42H,17-18,36-37H2,1-11H3. The van der Waals surface area contributed by atoms with Crippen LogP contribution in [0.1, 0.15) is 114 Å². The molecule has 0 saturated heterocycles. The van der Waals surface area contributed by atoms with Gasteiger partial charge in [-0.2, -0.15) is 0 Å². The van der Waals surface area contributed by atoms with Gasteiger partial charge in [-0.15, -0.1) is 0 Å². The lowest BCUT2D eigenvalue weighted by Gasteiger charge is -2.50. The van der Waals surface area contributed by atoms with Crippen LogP contribution in [-0.2, 0) is 16.2 Å². The highest BCUT2D eigenvalue weighted by Crippen LogP contribution is 2.61. The van der Waals surface area contributed by atoms with Crippen molar-refractivity contribution < 1.29 is 0 Å². The lowest BCUT2D eigenvalue weighted by molar-refractivity contribution is 0.195. The second-order valence-electron chi connectivity index (χ2n) is 23.9. The highest BCUT2D eigenvalue weighted by Gasteiger charge is 2.58. The van der Waals surface area contributed by atoms with Crippen LogP contribution in [0.3, 0.4) is 0 Å². The molecule has 2 unspecified atom stereocenters. The molecular weight excluding hydrogens is 858 g/mol. The van der Waals surface area contributed by atoms with E-state index in [2.05, 4.69) is 255 Å². The predicted molar refractivity (Wildman–Crippen MR) is 306 cm³/mol. The van der Waals surface area contributed by atoms with E-state index < -0.39 is 0 Å². The monoisotopic (exact) mass is 926 g/mol. The minimum Gasteiger partial charge on any atom is -0.334 e. The number of nitrogens with zero attached hydrogens (tertiary/aromatic N) is 3. The van der Waals surface area contributed by atoms with Gasteiger partial charge in [-0.3, -0.25) is 0 Å². The van der Waals surface area contributed by atoms with E-state index in [-0.39, 0.29) is 28.5 Å². The Morgan fingerprint density at radius 1 is 0.465 bits per heavy atom. The van der Waals surface area contributed by atoms with E-state index in [4.69, 9.17) is 0 Å². The normalized spacial score (nSPS) is 19.0. The van der Waals surface area contributed by atoms with Crippen LogP contribution in [-0.4, -0.2) is 12.3 Å². The first kappa shape index (κ1) is 45.4. The maximum Gasteiger partial charge on any atom is 0.252 e. The number of hydrogen-bond donors (Lipinski definition) is 0. The lowest BCUT2D eigenvalue weighted by Crippen LogP contribution is -2.61. The van der Waals surface area contributed by atoms with Crippen LogP contribution in [0, 0.1) is 20.8 Å². The van der Waals surface area contributed by atoms with Gasteiger partial charge in [0.1, 0.15) is 0 Å². The number of aryl methyl sites for hydroxylation is 3. The molecule has 1 fully saturated rings. The second kappa shape index (κ2) is 16.1. The van der Waals surface area contributed by atoms with E-state index in [9.17, 15) is 0 Å². The molecule has 1 saturated carbocycles. The number of rotatable bonds is 5. The molecule has 3 nitrogen and oxygen atoms in total. The Morgan fingerprint density at radius 2 is 1.07 bits per heavy atom. The Labute approximate surface area is 424 Å². The van der Waals surface area contributed by atoms with Gasteiger partial charge >= 0.3 is 0 Å². The van der Waals surface area contributed by atoms with E-state index >= 15 is 0 Å². The van der Waals surface area contributed by atoms with Gasteiger partial charge in [0.25, 0.3) is 6.71 Å². The molecule has 0 spiro atoms. The first-order valence-corrected chi connectivity index (χ1v) is 26.3. The summed E-state index contributed by atoms with van der Waals surface area (Å²) in [6.07, 6.45) is 4.88. The molecule has 0 aromatic heterocycles. The van der Waals surface area contributed by atoms with Gasteiger partial charge in [0.15, 0.2) is 0 Å². The highest BCUT2D eigenvalue weighted by molar-refractivity contribution is 7.00. The van der Waals surface area contributed by atoms with E-state index in [0.717, 1.165) is 6.42 Å². The summed E-state index contributed by atoms with van der Waals surface area (Å²) in [6.45, 7) is 25.8. The van der Waals surface area contributed by atoms with Gasteiger partial charge in [-0.25, -0.2) is 0 Å². The van der Waals surface area contributed by atoms with Crippen LogP contribution in [0.15, 0.2) is 164 Å². The summed E-state index contributed by atoms with van der Waals surface area (Å²) < 4.78 is 0. The van der Waals surface area contributed by atoms with Crippen molar-refractivity contribution in [2.45, 2.75) is 124 Å². The van der Waals surface area contributed by atoms with Crippen LogP contribution < -0.4 is 31.1 Å². The molecule has 3 aliphatic heterocycles. The molecule has 1 aliphatic carbocycles. The third-order valence-electron chi connectivity index (χ3n) is 17.4. The van der Waals surface area contributed by atoms with Gasteiger partial charge in [-0.1, -0.05) is 164 Å². The van der Waals surface area contributed by atoms with Gasteiger partial charge in [0.2, 0.25) is 0 Å². The van der Waals surface area contributed by atoms with Crippen molar-refractivity contribution in [3.63, 3.8) is 0 Å². The van der Waals surface area contributed by atoms with Crippen LogP contribution in [0.25, 0.3) is 22.3 Å². The Bertz CT molecular complexity index is 3410. The number of benzene rings is 8. The third kappa shape index (κ3) is 6.91. The Kier molecular flexibility index (Phi) is 10.3. The molecule has 0 bridgehead atoms. The molecule has 3 heterocycles. The van der Waals surface area contributed by atoms with Crippen molar-refractivity contribution in [2.24, 2.45) is 0 Å². The molecule has 0 amide bonds. The van der Waals surface area contributed by atoms with Crippen LogP contribution in [0.5, 0.6) is 0 Å². The molecule has 4 heteroatoms. The first-order valence-electron chi connectivity index (χ1n) is 26.3. The zero-order chi connectivity index (χ0) is 49.4. The van der Waals surface area contributed by atoms with E-state index in [0.29, 0.717) is 0 Å². The van der Waals surface area contributed by atoms with Gasteiger partial charge in [0.05, 0.1) is 11.2 Å². The van der Waals surface area contributed by atoms with E-state index in [1.807, 2.05) is 0 Å². The van der Waals surface area contributed by atoms with Crippen LogP contribution in [0.4, 0.5) is 45.5 Å². The molecule has 4 aliphatic rings. The number of hydrogen-bond acceptors (Lipinski definition) is 3. The summed E-state index contributed by atoms with van der Waals surface area (Å²) in [4.78, 5) is 8.00. The van der Waals surface area contributed by atoms with Crippen molar-refractivity contribution in [1.82, 2.24) is 0 Å². The molecule has 2 atom stereocenters. The SMILES string of the molecule is Cc1cc2c3c(c1)N(c1ccc(C(C)(C)C)cc1-c1ccccc1)c1cc(-c4c(C)cccc4C)ccc1B3c1ccc(N3c4ccccc4C4(C)CCCCC34C)cc1N2c1ccc(C(C)(C)C)cc1. The zero-order valence-electron chi connectivity index (χ0n) is 43.8. The summed E-state index contributed by atoms with van der Waals surface area (Å²) >= 11 is 0. The summed E-state index contributed by atoms with van der Waals surface area (Å²) in [5.74, 6) is 0. The van der Waals surface area contributed by atoms with Crippen LogP contribution >= 0.6 is 0 Å². The molecule has 12 rings (SSSR count). The quantitative estimate of drug-likeness (QED) is 0.159. The average Bonchev–Trinajstić information content (AvgIpc) is 3.56. The van der Waals surface area contributed by atoms with Crippen molar-refractivity contribution in [1.29, 1.82) is 0 Å². The summed E-state index contributed by atoms with van der Waals surface area (Å²) in [6, 6.07) is 63.7. The van der Waals surface area contributed by atoms with Crippen LogP contribution in [0.2, 0.25) is 0 Å². The predicted octanol–water partition coefficient (Wildman–Crippen LogP) is 16.4. The maximum absolute atomic E-state index is 2.75. The third-order valence-corrected chi connectivity index (χ3v) is 17.4. The molecule has 71 heavy (non-hydrogen) atoms. The Morgan fingerprint density at radius 3 is 1.77 bits per heavy atom. The molecule has 8 aromatic carbocycles. The van der Waals surface area contributed by atoms with E-state index in [1.165, 1.54) is 137 Å². The zero-order valence-corrected chi connectivity index (χ0v) is 43.8. The number of fused-ring (bicyclic) bond motifs is 7. The minimum absolute atomic E-state index is 0.0107. The smallest absolute Gasteiger partial charge is 0.252 e. The van der Waals surface area contributed by atoms with Crippen molar-refractivity contribution in [2.75, 3.05) is 14.7 Å². The molecule has 8 aromatic rings. The minimum atomic E-state index is -0.0558. The van der Waals surface area contributed by atoms with Crippen molar-refractivity contribution in [3.8, 4) is 22.3 Å². The van der Waals surface area contributed by atoms with Gasteiger partial charge in [-0.05, 0) is 178 Å². The summed E-state index contributed by atoms with van der Waals surface area (Å²) in [7, 11) is 0. The first-order chi connectivity index (χ1) is 34.0. The van der Waals surface area contributed by atoms with Gasteiger partial charge in [0, 0.05) is 50.8 Å². The lowest BCUT2D eigenvalue weighted by atomic mass is 9.33. The summed E-state index contributed by atoms with van der Waals surface area (Å²) in [5, 5.41) is 0. The topological polar surface area (TPSA) is 9.72 Å². The number of anilines is 8. The largest absolute Gasteiger partial charge is 0.334 e. The Balaban J connectivity index is 1.16. The van der Waals surface area contributed by atoms with Crippen molar-refractivity contribution >= 4 is 68.6 Å². The van der Waals surface area contributed by atoms with Crippen molar-refractivity contribution in [3.05, 3.63) is 197 Å². The fourth-order valence-corrected chi connectivity index (χ4v) is 13.5. The Hall–Kier alpha value is -6.78. The highest BCUT2D eigenvalue weighted by atomic mass is 15.3. The molecule has 0 radical (unpaired) electrons. The fourth-order valence-electron chi connectivity index (χ4n) is 13.5. The average molecular weight is 926 g/mol. The summed E-state index contributed by atoms with van der Waals surface area (Å²) in [5.41, 5.74) is 27.0. The van der Waals surface area contributed by atoms with E-state index in [1.54, 1.807) is 0 Å². The van der Waals surface area contributed by atoms with Gasteiger partial charge < -0.3 is 14.7 Å².